The second-order valence-electron chi connectivity index (χ2n) is 4.58. The first-order chi connectivity index (χ1) is 8.01. The van der Waals surface area contributed by atoms with Crippen LogP contribution in [-0.4, -0.2) is 27.5 Å². The maximum Gasteiger partial charge on any atom is 0.0860 e. The van der Waals surface area contributed by atoms with Gasteiger partial charge in [0.05, 0.1) is 23.0 Å². The summed E-state index contributed by atoms with van der Waals surface area (Å²) in [6, 6.07) is 0.0894. The van der Waals surface area contributed by atoms with E-state index >= 15 is 0 Å². The lowest BCUT2D eigenvalue weighted by molar-refractivity contribution is 0.209. The molecule has 0 amide bonds. The zero-order valence-electron chi connectivity index (χ0n) is 11.0. The highest BCUT2D eigenvalue weighted by Crippen LogP contribution is 2.20. The Labute approximate surface area is 108 Å². The quantitative estimate of drug-likeness (QED) is 0.821. The fourth-order valence-electron chi connectivity index (χ4n) is 1.78. The Balaban J connectivity index is 2.74. The van der Waals surface area contributed by atoms with E-state index in [2.05, 4.69) is 24.3 Å². The van der Waals surface area contributed by atoms with Crippen molar-refractivity contribution < 1.29 is 5.11 Å². The standard InChI is InChI=1S/C12H22ClN3O/c1-5-16-11(12(13)9(4)15-16)6-14-10(7-17)8(2)3/h8,10,14,17H,5-7H2,1-4H3/t10-/m1/s1. The molecule has 0 fully saturated rings. The Bertz CT molecular complexity index is 363. The van der Waals surface area contributed by atoms with Crippen molar-refractivity contribution in [2.75, 3.05) is 6.61 Å². The van der Waals surface area contributed by atoms with E-state index in [4.69, 9.17) is 11.6 Å². The summed E-state index contributed by atoms with van der Waals surface area (Å²) in [4.78, 5) is 0. The van der Waals surface area contributed by atoms with E-state index < -0.39 is 0 Å². The first-order valence-corrected chi connectivity index (χ1v) is 6.45. The summed E-state index contributed by atoms with van der Waals surface area (Å²) >= 11 is 6.21. The van der Waals surface area contributed by atoms with Crippen molar-refractivity contribution in [2.24, 2.45) is 5.92 Å². The Kier molecular flexibility index (Phi) is 5.43. The van der Waals surface area contributed by atoms with Crippen molar-refractivity contribution in [3.05, 3.63) is 16.4 Å². The summed E-state index contributed by atoms with van der Waals surface area (Å²) in [7, 11) is 0. The van der Waals surface area contributed by atoms with Gasteiger partial charge >= 0.3 is 0 Å². The lowest BCUT2D eigenvalue weighted by atomic mass is 10.1. The predicted molar refractivity (Wildman–Crippen MR) is 70.2 cm³/mol. The van der Waals surface area contributed by atoms with Gasteiger partial charge in [-0.3, -0.25) is 4.68 Å². The van der Waals surface area contributed by atoms with Crippen molar-refractivity contribution in [3.63, 3.8) is 0 Å². The molecule has 1 aromatic rings. The molecule has 1 heterocycles. The Morgan fingerprint density at radius 1 is 1.47 bits per heavy atom. The second-order valence-corrected chi connectivity index (χ2v) is 4.95. The zero-order chi connectivity index (χ0) is 13.0. The monoisotopic (exact) mass is 259 g/mol. The molecular formula is C12H22ClN3O. The van der Waals surface area contributed by atoms with Gasteiger partial charge in [-0.2, -0.15) is 5.10 Å². The summed E-state index contributed by atoms with van der Waals surface area (Å²) in [5.41, 5.74) is 1.85. The third-order valence-electron chi connectivity index (χ3n) is 2.99. The van der Waals surface area contributed by atoms with E-state index in [9.17, 15) is 5.11 Å². The number of hydrogen-bond donors (Lipinski definition) is 2. The van der Waals surface area contributed by atoms with Crippen LogP contribution >= 0.6 is 11.6 Å². The van der Waals surface area contributed by atoms with Crippen molar-refractivity contribution in [1.29, 1.82) is 0 Å². The number of aliphatic hydroxyl groups excluding tert-OH is 1. The molecule has 0 unspecified atom stereocenters. The summed E-state index contributed by atoms with van der Waals surface area (Å²) in [6.45, 7) is 9.68. The molecule has 98 valence electrons. The average molecular weight is 260 g/mol. The maximum atomic E-state index is 9.26. The van der Waals surface area contributed by atoms with Crippen LogP contribution < -0.4 is 5.32 Å². The van der Waals surface area contributed by atoms with Gasteiger partial charge in [-0.1, -0.05) is 25.4 Å². The number of aliphatic hydroxyl groups is 1. The van der Waals surface area contributed by atoms with Crippen LogP contribution in [0.15, 0.2) is 0 Å². The number of aromatic nitrogens is 2. The summed E-state index contributed by atoms with van der Waals surface area (Å²) in [5.74, 6) is 0.387. The summed E-state index contributed by atoms with van der Waals surface area (Å²) < 4.78 is 1.90. The highest BCUT2D eigenvalue weighted by Gasteiger charge is 2.16. The van der Waals surface area contributed by atoms with Crippen molar-refractivity contribution in [2.45, 2.75) is 46.8 Å². The molecule has 1 atom stereocenters. The smallest absolute Gasteiger partial charge is 0.0860 e. The Hall–Kier alpha value is -0.580. The van der Waals surface area contributed by atoms with E-state index in [0.717, 1.165) is 23.0 Å². The Morgan fingerprint density at radius 3 is 2.59 bits per heavy atom. The summed E-state index contributed by atoms with van der Waals surface area (Å²) in [6.07, 6.45) is 0. The number of hydrogen-bond acceptors (Lipinski definition) is 3. The van der Waals surface area contributed by atoms with Crippen molar-refractivity contribution in [1.82, 2.24) is 15.1 Å². The van der Waals surface area contributed by atoms with Crippen molar-refractivity contribution in [3.8, 4) is 0 Å². The minimum absolute atomic E-state index is 0.0894. The van der Waals surface area contributed by atoms with Gasteiger partial charge < -0.3 is 10.4 Å². The van der Waals surface area contributed by atoms with E-state index in [1.807, 2.05) is 18.5 Å². The summed E-state index contributed by atoms with van der Waals surface area (Å²) in [5, 5.41) is 17.7. The molecule has 0 bridgehead atoms. The molecule has 0 aliphatic carbocycles. The number of nitrogens with zero attached hydrogens (tertiary/aromatic N) is 2. The van der Waals surface area contributed by atoms with E-state index in [-0.39, 0.29) is 12.6 Å². The molecule has 0 saturated heterocycles. The van der Waals surface area contributed by atoms with Crippen LogP contribution in [0.2, 0.25) is 5.02 Å². The molecule has 2 N–H and O–H groups in total. The van der Waals surface area contributed by atoms with Gasteiger partial charge in [0.15, 0.2) is 0 Å². The third kappa shape index (κ3) is 3.44. The minimum atomic E-state index is 0.0894. The molecule has 0 radical (unpaired) electrons. The number of rotatable bonds is 6. The number of aryl methyl sites for hydroxylation is 2. The number of nitrogens with one attached hydrogen (secondary N) is 1. The van der Waals surface area contributed by atoms with E-state index in [1.54, 1.807) is 0 Å². The van der Waals surface area contributed by atoms with Crippen LogP contribution in [0.1, 0.15) is 32.2 Å². The third-order valence-corrected chi connectivity index (χ3v) is 3.48. The minimum Gasteiger partial charge on any atom is -0.395 e. The maximum absolute atomic E-state index is 9.26. The van der Waals surface area contributed by atoms with E-state index in [0.29, 0.717) is 12.5 Å². The average Bonchev–Trinajstić information content (AvgIpc) is 2.56. The molecule has 0 spiro atoms. The van der Waals surface area contributed by atoms with E-state index in [1.165, 1.54) is 0 Å². The molecular weight excluding hydrogens is 238 g/mol. The fourth-order valence-corrected chi connectivity index (χ4v) is 1.98. The van der Waals surface area contributed by atoms with Gasteiger partial charge in [-0.25, -0.2) is 0 Å². The van der Waals surface area contributed by atoms with Gasteiger partial charge in [0.25, 0.3) is 0 Å². The second kappa shape index (κ2) is 6.38. The molecule has 17 heavy (non-hydrogen) atoms. The van der Waals surface area contributed by atoms with Crippen LogP contribution in [0.3, 0.4) is 0 Å². The number of halogens is 1. The van der Waals surface area contributed by atoms with Gasteiger partial charge in [0.2, 0.25) is 0 Å². The predicted octanol–water partition coefficient (Wildman–Crippen LogP) is 1.97. The highest BCUT2D eigenvalue weighted by atomic mass is 35.5. The zero-order valence-corrected chi connectivity index (χ0v) is 11.8. The molecule has 5 heteroatoms. The largest absolute Gasteiger partial charge is 0.395 e. The van der Waals surface area contributed by atoms with Gasteiger partial charge in [-0.15, -0.1) is 0 Å². The fraction of sp³-hybridized carbons (Fsp3) is 0.750. The lowest BCUT2D eigenvalue weighted by Gasteiger charge is -2.20. The van der Waals surface area contributed by atoms with Crippen LogP contribution in [0.5, 0.6) is 0 Å². The van der Waals surface area contributed by atoms with Gasteiger partial charge in [-0.05, 0) is 19.8 Å². The van der Waals surface area contributed by atoms with Gasteiger partial charge in [0, 0.05) is 19.1 Å². The van der Waals surface area contributed by atoms with Crippen molar-refractivity contribution >= 4 is 11.6 Å². The first-order valence-electron chi connectivity index (χ1n) is 6.07. The Morgan fingerprint density at radius 2 is 2.12 bits per heavy atom. The molecule has 0 aliphatic rings. The lowest BCUT2D eigenvalue weighted by Crippen LogP contribution is -2.37. The topological polar surface area (TPSA) is 50.1 Å². The molecule has 4 nitrogen and oxygen atoms in total. The van der Waals surface area contributed by atoms with Crippen LogP contribution in [0.25, 0.3) is 0 Å². The van der Waals surface area contributed by atoms with Gasteiger partial charge in [0.1, 0.15) is 0 Å². The van der Waals surface area contributed by atoms with Crippen LogP contribution in [0, 0.1) is 12.8 Å². The molecule has 1 aromatic heterocycles. The molecule has 0 aromatic carbocycles. The molecule has 0 saturated carbocycles. The SMILES string of the molecule is CCn1nc(C)c(Cl)c1CN[C@H](CO)C(C)C. The highest BCUT2D eigenvalue weighted by molar-refractivity contribution is 6.31. The molecule has 1 rings (SSSR count). The van der Waals surface area contributed by atoms with Crippen LogP contribution in [-0.2, 0) is 13.1 Å². The van der Waals surface area contributed by atoms with Crippen LogP contribution in [0.4, 0.5) is 0 Å². The first kappa shape index (κ1) is 14.5. The molecule has 0 aliphatic heterocycles. The normalized spacial score (nSPS) is 13.4.